The zero-order valence-electron chi connectivity index (χ0n) is 15.8. The Morgan fingerprint density at radius 3 is 1.97 bits per heavy atom. The number of rotatable bonds is 9. The lowest BCUT2D eigenvalue weighted by atomic mass is 10.1. The van der Waals surface area contributed by atoms with E-state index in [0.29, 0.717) is 0 Å². The SMILES string of the molecule is CNc1ccc(C(=O)N[C@@H](CCC(=O)OC(C#N)C#N)C(=O)OC(C#N)C#N)cc1. The second-order valence-electron chi connectivity index (χ2n) is 5.60. The Morgan fingerprint density at radius 2 is 1.47 bits per heavy atom. The number of nitriles is 4. The average molecular weight is 408 g/mol. The number of benzene rings is 1. The summed E-state index contributed by atoms with van der Waals surface area (Å²) in [4.78, 5) is 36.5. The van der Waals surface area contributed by atoms with Crippen LogP contribution in [0.2, 0.25) is 0 Å². The molecule has 0 aromatic heterocycles. The summed E-state index contributed by atoms with van der Waals surface area (Å²) in [6, 6.07) is 10.7. The fourth-order valence-corrected chi connectivity index (χ4v) is 2.09. The lowest BCUT2D eigenvalue weighted by molar-refractivity contribution is -0.148. The molecule has 0 aliphatic carbocycles. The summed E-state index contributed by atoms with van der Waals surface area (Å²) in [6.07, 6.45) is -4.06. The average Bonchev–Trinajstić information content (AvgIpc) is 2.78. The molecule has 30 heavy (non-hydrogen) atoms. The van der Waals surface area contributed by atoms with Gasteiger partial charge in [0.2, 0.25) is 0 Å². The number of carbonyl (C=O) groups excluding carboxylic acids is 3. The van der Waals surface area contributed by atoms with Gasteiger partial charge in [0, 0.05) is 24.7 Å². The summed E-state index contributed by atoms with van der Waals surface area (Å²) < 4.78 is 9.28. The summed E-state index contributed by atoms with van der Waals surface area (Å²) >= 11 is 0. The van der Waals surface area contributed by atoms with Crippen LogP contribution < -0.4 is 10.6 Å². The van der Waals surface area contributed by atoms with E-state index >= 15 is 0 Å². The lowest BCUT2D eigenvalue weighted by Crippen LogP contribution is -2.43. The Morgan fingerprint density at radius 1 is 0.933 bits per heavy atom. The van der Waals surface area contributed by atoms with Crippen LogP contribution in [0.15, 0.2) is 24.3 Å². The van der Waals surface area contributed by atoms with Crippen LogP contribution in [0.1, 0.15) is 23.2 Å². The molecule has 11 nitrogen and oxygen atoms in total. The molecule has 0 heterocycles. The molecular weight excluding hydrogens is 392 g/mol. The van der Waals surface area contributed by atoms with Gasteiger partial charge in [0.15, 0.2) is 0 Å². The summed E-state index contributed by atoms with van der Waals surface area (Å²) in [5.74, 6) is -2.72. The van der Waals surface area contributed by atoms with Crippen molar-refractivity contribution >= 4 is 23.5 Å². The summed E-state index contributed by atoms with van der Waals surface area (Å²) in [5.41, 5.74) is 0.959. The monoisotopic (exact) mass is 408 g/mol. The molecule has 0 radical (unpaired) electrons. The number of carbonyl (C=O) groups is 3. The van der Waals surface area contributed by atoms with Gasteiger partial charge in [-0.2, -0.15) is 21.0 Å². The molecule has 152 valence electrons. The number of anilines is 1. The van der Waals surface area contributed by atoms with Crippen LogP contribution in [0.5, 0.6) is 0 Å². The van der Waals surface area contributed by atoms with Gasteiger partial charge >= 0.3 is 11.9 Å². The van der Waals surface area contributed by atoms with E-state index in [9.17, 15) is 14.4 Å². The smallest absolute Gasteiger partial charge is 0.330 e. The predicted molar refractivity (Wildman–Crippen MR) is 98.7 cm³/mol. The first-order chi connectivity index (χ1) is 14.4. The van der Waals surface area contributed by atoms with E-state index in [1.54, 1.807) is 19.2 Å². The molecule has 0 bridgehead atoms. The van der Waals surface area contributed by atoms with Gasteiger partial charge in [0.1, 0.15) is 30.3 Å². The van der Waals surface area contributed by atoms with Crippen LogP contribution in [0.4, 0.5) is 5.69 Å². The molecule has 1 amide bonds. The maximum Gasteiger partial charge on any atom is 0.330 e. The van der Waals surface area contributed by atoms with E-state index in [4.69, 9.17) is 25.8 Å². The molecule has 0 unspecified atom stereocenters. The van der Waals surface area contributed by atoms with Crippen molar-refractivity contribution in [3.05, 3.63) is 29.8 Å². The number of hydrogen-bond donors (Lipinski definition) is 2. The topological polar surface area (TPSA) is 189 Å². The molecule has 0 saturated heterocycles. The first kappa shape index (κ1) is 23.4. The third kappa shape index (κ3) is 7.19. The highest BCUT2D eigenvalue weighted by Gasteiger charge is 2.27. The van der Waals surface area contributed by atoms with Crippen molar-refractivity contribution in [1.82, 2.24) is 5.32 Å². The lowest BCUT2D eigenvalue weighted by Gasteiger charge is -2.18. The maximum atomic E-state index is 12.4. The Hall–Kier alpha value is -4.61. The molecule has 2 N–H and O–H groups in total. The summed E-state index contributed by atoms with van der Waals surface area (Å²) in [6.45, 7) is 0. The second kappa shape index (κ2) is 12.0. The third-order valence-electron chi connectivity index (χ3n) is 3.62. The first-order valence-corrected chi connectivity index (χ1v) is 8.45. The molecule has 0 saturated carbocycles. The van der Waals surface area contributed by atoms with Crippen LogP contribution in [-0.4, -0.2) is 43.1 Å². The number of amides is 1. The van der Waals surface area contributed by atoms with Crippen molar-refractivity contribution in [3.8, 4) is 24.3 Å². The third-order valence-corrected chi connectivity index (χ3v) is 3.62. The van der Waals surface area contributed by atoms with Gasteiger partial charge in [-0.15, -0.1) is 0 Å². The van der Waals surface area contributed by atoms with E-state index in [0.717, 1.165) is 5.69 Å². The van der Waals surface area contributed by atoms with Crippen molar-refractivity contribution in [2.45, 2.75) is 31.1 Å². The minimum absolute atomic E-state index is 0.209. The minimum atomic E-state index is -1.69. The molecule has 0 spiro atoms. The Labute approximate surface area is 172 Å². The van der Waals surface area contributed by atoms with Crippen LogP contribution in [0, 0.1) is 45.3 Å². The van der Waals surface area contributed by atoms with Gasteiger partial charge in [-0.25, -0.2) is 4.79 Å². The van der Waals surface area contributed by atoms with Crippen molar-refractivity contribution in [2.75, 3.05) is 12.4 Å². The summed E-state index contributed by atoms with van der Waals surface area (Å²) in [5, 5.41) is 40.0. The van der Waals surface area contributed by atoms with E-state index in [-0.39, 0.29) is 12.0 Å². The van der Waals surface area contributed by atoms with Gasteiger partial charge < -0.3 is 20.1 Å². The molecule has 0 aliphatic heterocycles. The molecule has 1 aromatic carbocycles. The molecule has 1 atom stereocenters. The number of esters is 2. The fraction of sp³-hybridized carbons (Fsp3) is 0.316. The number of ether oxygens (including phenoxy) is 2. The van der Waals surface area contributed by atoms with Crippen molar-refractivity contribution < 1.29 is 23.9 Å². The molecule has 11 heteroatoms. The maximum absolute atomic E-state index is 12.4. The Balaban J connectivity index is 2.90. The highest BCUT2D eigenvalue weighted by molar-refractivity contribution is 5.97. The standard InChI is InChI=1S/C19H16N6O5/c1-24-13-4-2-12(3-5-13)18(27)25-16(19(28)30-15(10-22)11-23)6-7-17(26)29-14(8-20)9-21/h2-5,14-16,24H,6-7H2,1H3,(H,25,27)/t16-/m0/s1. The van der Waals surface area contributed by atoms with E-state index in [2.05, 4.69) is 15.4 Å². The Kier molecular flexibility index (Phi) is 9.35. The van der Waals surface area contributed by atoms with Crippen LogP contribution in [0.25, 0.3) is 0 Å². The van der Waals surface area contributed by atoms with Crippen molar-refractivity contribution in [3.63, 3.8) is 0 Å². The first-order valence-electron chi connectivity index (χ1n) is 8.45. The fourth-order valence-electron chi connectivity index (χ4n) is 2.09. The zero-order chi connectivity index (χ0) is 22.5. The normalized spacial score (nSPS) is 10.5. The summed E-state index contributed by atoms with van der Waals surface area (Å²) in [7, 11) is 1.70. The van der Waals surface area contributed by atoms with E-state index in [1.165, 1.54) is 36.4 Å². The quantitative estimate of drug-likeness (QED) is 0.545. The number of hydrogen-bond acceptors (Lipinski definition) is 10. The number of nitrogens with one attached hydrogen (secondary N) is 2. The van der Waals surface area contributed by atoms with Gasteiger partial charge in [-0.3, -0.25) is 9.59 Å². The van der Waals surface area contributed by atoms with Gasteiger partial charge in [-0.1, -0.05) is 0 Å². The highest BCUT2D eigenvalue weighted by Crippen LogP contribution is 2.11. The largest absolute Gasteiger partial charge is 0.432 e. The van der Waals surface area contributed by atoms with Crippen molar-refractivity contribution in [2.24, 2.45) is 0 Å². The van der Waals surface area contributed by atoms with E-state index < -0.39 is 42.5 Å². The second-order valence-corrected chi connectivity index (χ2v) is 5.60. The molecule has 0 aliphatic rings. The van der Waals surface area contributed by atoms with Crippen LogP contribution in [0.3, 0.4) is 0 Å². The van der Waals surface area contributed by atoms with Gasteiger partial charge in [0.25, 0.3) is 18.1 Å². The molecule has 0 fully saturated rings. The van der Waals surface area contributed by atoms with Gasteiger partial charge in [-0.05, 0) is 30.7 Å². The predicted octanol–water partition coefficient (Wildman–Crippen LogP) is 0.525. The van der Waals surface area contributed by atoms with Crippen LogP contribution in [-0.2, 0) is 19.1 Å². The van der Waals surface area contributed by atoms with Gasteiger partial charge in [0.05, 0.1) is 0 Å². The Bertz CT molecular complexity index is 920. The van der Waals surface area contributed by atoms with E-state index in [1.807, 2.05) is 0 Å². The number of nitrogens with zero attached hydrogens (tertiary/aromatic N) is 4. The highest BCUT2D eigenvalue weighted by atomic mass is 16.5. The molecule has 1 aromatic rings. The van der Waals surface area contributed by atoms with Crippen molar-refractivity contribution in [1.29, 1.82) is 21.0 Å². The molecular formula is C19H16N6O5. The van der Waals surface area contributed by atoms with Crippen LogP contribution >= 0.6 is 0 Å². The molecule has 1 rings (SSSR count). The zero-order valence-corrected chi connectivity index (χ0v) is 15.8. The minimum Gasteiger partial charge on any atom is -0.432 e.